The van der Waals surface area contributed by atoms with Gasteiger partial charge in [-0.3, -0.25) is 4.79 Å². The Balaban J connectivity index is 1.56. The monoisotopic (exact) mass is 379 g/mol. The maximum Gasteiger partial charge on any atom is 0.234 e. The molecule has 0 aliphatic heterocycles. The molecule has 1 N–H and O–H groups in total. The highest BCUT2D eigenvalue weighted by Crippen LogP contribution is 2.17. The molecule has 0 heterocycles. The maximum atomic E-state index is 11.9. The van der Waals surface area contributed by atoms with Crippen LogP contribution in [-0.4, -0.2) is 30.6 Å². The quantitative estimate of drug-likeness (QED) is 0.597. The lowest BCUT2D eigenvalue weighted by molar-refractivity contribution is -0.113. The third kappa shape index (κ3) is 7.71. The van der Waals surface area contributed by atoms with Gasteiger partial charge in [0.25, 0.3) is 0 Å². The van der Waals surface area contributed by atoms with Crippen LogP contribution < -0.4 is 14.8 Å². The zero-order valence-corrected chi connectivity index (χ0v) is 15.7. The second-order valence-electron chi connectivity index (χ2n) is 5.21. The molecule has 2 rings (SSSR count). The second kappa shape index (κ2) is 10.9. The summed E-state index contributed by atoms with van der Waals surface area (Å²) in [5.41, 5.74) is 0.778. The van der Waals surface area contributed by atoms with Gasteiger partial charge in [0.1, 0.15) is 11.5 Å². The molecule has 4 nitrogen and oxygen atoms in total. The lowest BCUT2D eigenvalue weighted by atomic mass is 10.3. The van der Waals surface area contributed by atoms with Gasteiger partial charge < -0.3 is 14.8 Å². The Hall–Kier alpha value is -1.85. The minimum absolute atomic E-state index is 0.00669. The molecule has 0 unspecified atom stereocenters. The van der Waals surface area contributed by atoms with Gasteiger partial charge in [-0.1, -0.05) is 11.6 Å². The van der Waals surface area contributed by atoms with Crippen LogP contribution in [0.1, 0.15) is 13.3 Å². The number of carbonyl (C=O) groups is 1. The highest BCUT2D eigenvalue weighted by molar-refractivity contribution is 7.99. The Kier molecular flexibility index (Phi) is 8.49. The zero-order valence-electron chi connectivity index (χ0n) is 14.2. The third-order valence-electron chi connectivity index (χ3n) is 3.20. The summed E-state index contributed by atoms with van der Waals surface area (Å²) in [4.78, 5) is 11.9. The summed E-state index contributed by atoms with van der Waals surface area (Å²) in [6.45, 7) is 3.19. The maximum absolute atomic E-state index is 11.9. The molecule has 0 saturated heterocycles. The van der Waals surface area contributed by atoms with Crippen LogP contribution in [0.4, 0.5) is 5.69 Å². The van der Waals surface area contributed by atoms with Crippen molar-refractivity contribution in [3.8, 4) is 11.5 Å². The molecule has 0 aromatic heterocycles. The van der Waals surface area contributed by atoms with E-state index in [1.54, 1.807) is 23.9 Å². The Morgan fingerprint density at radius 1 is 1.04 bits per heavy atom. The summed E-state index contributed by atoms with van der Waals surface area (Å²) in [6, 6.07) is 14.7. The molecule has 0 spiro atoms. The standard InChI is InChI=1S/C19H22ClNO3S/c1-2-23-17-10-6-16(7-11-17)21-19(22)14-25-13-3-12-24-18-8-4-15(20)5-9-18/h4-11H,2-3,12-14H2,1H3,(H,21,22). The normalized spacial score (nSPS) is 10.3. The topological polar surface area (TPSA) is 47.6 Å². The Morgan fingerprint density at radius 2 is 1.68 bits per heavy atom. The summed E-state index contributed by atoms with van der Waals surface area (Å²) in [5.74, 6) is 2.89. The number of halogens is 1. The molecule has 0 aliphatic carbocycles. The van der Waals surface area contributed by atoms with E-state index in [0.29, 0.717) is 24.0 Å². The fraction of sp³-hybridized carbons (Fsp3) is 0.316. The van der Waals surface area contributed by atoms with Crippen LogP contribution in [0.15, 0.2) is 48.5 Å². The van der Waals surface area contributed by atoms with Crippen LogP contribution >= 0.6 is 23.4 Å². The number of rotatable bonds is 10. The number of hydrogen-bond donors (Lipinski definition) is 1. The molecule has 0 bridgehead atoms. The molecule has 1 amide bonds. The molecule has 6 heteroatoms. The minimum atomic E-state index is -0.00669. The van der Waals surface area contributed by atoms with Gasteiger partial charge in [0.15, 0.2) is 0 Å². The fourth-order valence-corrected chi connectivity index (χ4v) is 2.89. The van der Waals surface area contributed by atoms with Crippen LogP contribution in [0.25, 0.3) is 0 Å². The van der Waals surface area contributed by atoms with Crippen LogP contribution in [0.3, 0.4) is 0 Å². The number of anilines is 1. The van der Waals surface area contributed by atoms with Gasteiger partial charge in [-0.25, -0.2) is 0 Å². The third-order valence-corrected chi connectivity index (χ3v) is 4.49. The number of ether oxygens (including phenoxy) is 2. The first-order valence-corrected chi connectivity index (χ1v) is 9.69. The molecule has 25 heavy (non-hydrogen) atoms. The Bertz CT molecular complexity index is 647. The van der Waals surface area contributed by atoms with Gasteiger partial charge in [0.2, 0.25) is 5.91 Å². The van der Waals surface area contributed by atoms with Crippen molar-refractivity contribution >= 4 is 35.0 Å². The average Bonchev–Trinajstić information content (AvgIpc) is 2.61. The molecule has 0 radical (unpaired) electrons. The molecule has 0 aliphatic rings. The van der Waals surface area contributed by atoms with Crippen molar-refractivity contribution in [3.63, 3.8) is 0 Å². The summed E-state index contributed by atoms with van der Waals surface area (Å²) in [7, 11) is 0. The van der Waals surface area contributed by atoms with Crippen molar-refractivity contribution in [1.29, 1.82) is 0 Å². The first kappa shape index (κ1) is 19.5. The highest BCUT2D eigenvalue weighted by atomic mass is 35.5. The molecular weight excluding hydrogens is 358 g/mol. The largest absolute Gasteiger partial charge is 0.494 e. The first-order chi connectivity index (χ1) is 12.2. The van der Waals surface area contributed by atoms with E-state index in [9.17, 15) is 4.79 Å². The van der Waals surface area contributed by atoms with Gasteiger partial charge in [-0.15, -0.1) is 0 Å². The van der Waals surface area contributed by atoms with Crippen molar-refractivity contribution in [2.24, 2.45) is 0 Å². The second-order valence-corrected chi connectivity index (χ2v) is 6.76. The molecule has 2 aromatic carbocycles. The number of benzene rings is 2. The van der Waals surface area contributed by atoms with Crippen molar-refractivity contribution in [2.75, 3.05) is 30.0 Å². The number of thioether (sulfide) groups is 1. The summed E-state index contributed by atoms with van der Waals surface area (Å²) < 4.78 is 11.0. The van der Waals surface area contributed by atoms with Crippen molar-refractivity contribution < 1.29 is 14.3 Å². The van der Waals surface area contributed by atoms with Crippen molar-refractivity contribution in [2.45, 2.75) is 13.3 Å². The predicted octanol–water partition coefficient (Wildman–Crippen LogP) is 4.88. The van der Waals surface area contributed by atoms with E-state index in [0.717, 1.165) is 29.4 Å². The molecular formula is C19H22ClNO3S. The van der Waals surface area contributed by atoms with E-state index in [4.69, 9.17) is 21.1 Å². The SMILES string of the molecule is CCOc1ccc(NC(=O)CSCCCOc2ccc(Cl)cc2)cc1. The van der Waals surface area contributed by atoms with Crippen LogP contribution in [0.5, 0.6) is 11.5 Å². The predicted molar refractivity (Wildman–Crippen MR) is 105 cm³/mol. The lowest BCUT2D eigenvalue weighted by Gasteiger charge is -2.08. The highest BCUT2D eigenvalue weighted by Gasteiger charge is 2.03. The smallest absolute Gasteiger partial charge is 0.234 e. The van der Waals surface area contributed by atoms with Crippen molar-refractivity contribution in [1.82, 2.24) is 0 Å². The Morgan fingerprint density at radius 3 is 2.36 bits per heavy atom. The number of amides is 1. The fourth-order valence-electron chi connectivity index (χ4n) is 2.04. The van der Waals surface area contributed by atoms with E-state index in [2.05, 4.69) is 5.32 Å². The summed E-state index contributed by atoms with van der Waals surface area (Å²) >= 11 is 7.41. The van der Waals surface area contributed by atoms with Crippen LogP contribution in [0.2, 0.25) is 5.02 Å². The lowest BCUT2D eigenvalue weighted by Crippen LogP contribution is -2.14. The molecule has 0 saturated carbocycles. The number of hydrogen-bond acceptors (Lipinski definition) is 4. The van der Waals surface area contributed by atoms with E-state index in [-0.39, 0.29) is 5.91 Å². The van der Waals surface area contributed by atoms with E-state index in [1.807, 2.05) is 43.3 Å². The molecule has 134 valence electrons. The Labute approximate surface area is 157 Å². The van der Waals surface area contributed by atoms with Gasteiger partial charge in [0, 0.05) is 10.7 Å². The molecule has 0 fully saturated rings. The van der Waals surface area contributed by atoms with E-state index >= 15 is 0 Å². The first-order valence-electron chi connectivity index (χ1n) is 8.16. The molecule has 2 aromatic rings. The summed E-state index contributed by atoms with van der Waals surface area (Å²) in [5, 5.41) is 3.57. The van der Waals surface area contributed by atoms with Gasteiger partial charge in [0.05, 0.1) is 19.0 Å². The van der Waals surface area contributed by atoms with Gasteiger partial charge in [-0.2, -0.15) is 11.8 Å². The molecule has 0 atom stereocenters. The summed E-state index contributed by atoms with van der Waals surface area (Å²) in [6.07, 6.45) is 0.879. The zero-order chi connectivity index (χ0) is 17.9. The van der Waals surface area contributed by atoms with Crippen molar-refractivity contribution in [3.05, 3.63) is 53.6 Å². The minimum Gasteiger partial charge on any atom is -0.494 e. The number of carbonyl (C=O) groups excluding carboxylic acids is 1. The number of nitrogens with one attached hydrogen (secondary N) is 1. The van der Waals surface area contributed by atoms with Crippen LogP contribution in [0, 0.1) is 0 Å². The van der Waals surface area contributed by atoms with Gasteiger partial charge >= 0.3 is 0 Å². The van der Waals surface area contributed by atoms with Gasteiger partial charge in [-0.05, 0) is 67.6 Å². The van der Waals surface area contributed by atoms with Crippen LogP contribution in [-0.2, 0) is 4.79 Å². The average molecular weight is 380 g/mol. The van der Waals surface area contributed by atoms with E-state index < -0.39 is 0 Å². The van der Waals surface area contributed by atoms with E-state index in [1.165, 1.54) is 0 Å².